The maximum Gasteiger partial charge on any atom is 0.349 e. The monoisotopic (exact) mass is 566 g/mol. The summed E-state index contributed by atoms with van der Waals surface area (Å²) in [5.74, 6) is -0.220. The van der Waals surface area contributed by atoms with Gasteiger partial charge in [0.2, 0.25) is 0 Å². The van der Waals surface area contributed by atoms with Gasteiger partial charge in [-0.3, -0.25) is 4.79 Å². The molecule has 168 valence electrons. The normalized spacial score (nSPS) is 10.8. The summed E-state index contributed by atoms with van der Waals surface area (Å²) in [5.41, 5.74) is 0.441. The van der Waals surface area contributed by atoms with Gasteiger partial charge in [-0.2, -0.15) is 5.26 Å². The Morgan fingerprint density at radius 2 is 1.84 bits per heavy atom. The van der Waals surface area contributed by atoms with E-state index in [1.807, 2.05) is 6.07 Å². The summed E-state index contributed by atoms with van der Waals surface area (Å²) < 4.78 is 22.5. The van der Waals surface area contributed by atoms with Crippen molar-refractivity contribution < 1.29 is 28.5 Å². The predicted octanol–water partition coefficient (Wildman–Crippen LogP) is 3.87. The van der Waals surface area contributed by atoms with E-state index in [-0.39, 0.29) is 30.2 Å². The lowest BCUT2D eigenvalue weighted by atomic mass is 10.1. The summed E-state index contributed by atoms with van der Waals surface area (Å²) in [4.78, 5) is 24.3. The zero-order valence-corrected chi connectivity index (χ0v) is 20.5. The molecule has 2 aromatic carbocycles. The highest BCUT2D eigenvalue weighted by Gasteiger charge is 2.14. The van der Waals surface area contributed by atoms with Crippen LogP contribution in [-0.4, -0.2) is 45.9 Å². The van der Waals surface area contributed by atoms with E-state index >= 15 is 0 Å². The van der Waals surface area contributed by atoms with Gasteiger partial charge in [0.05, 0.1) is 18.2 Å². The molecule has 2 rings (SSSR count). The minimum Gasteiger partial charge on any atom is -0.493 e. The number of carbonyl (C=O) groups excluding carboxylic acids is 2. The molecule has 2 aromatic rings. The number of hydrogen-bond acceptors (Lipinski definition) is 7. The Hall–Kier alpha value is -2.87. The number of benzene rings is 2. The van der Waals surface area contributed by atoms with Gasteiger partial charge in [0.25, 0.3) is 5.91 Å². The molecule has 0 saturated carbocycles. The van der Waals surface area contributed by atoms with Crippen molar-refractivity contribution in [3.63, 3.8) is 0 Å². The molecule has 1 N–H and O–H groups in total. The van der Waals surface area contributed by atoms with E-state index in [0.29, 0.717) is 22.4 Å². The molecule has 8 nitrogen and oxygen atoms in total. The first kappa shape index (κ1) is 25.4. The van der Waals surface area contributed by atoms with E-state index < -0.39 is 11.9 Å². The van der Waals surface area contributed by atoms with Crippen molar-refractivity contribution in [2.45, 2.75) is 0 Å². The van der Waals surface area contributed by atoms with Crippen molar-refractivity contribution in [1.82, 2.24) is 5.32 Å². The van der Waals surface area contributed by atoms with Gasteiger partial charge < -0.3 is 24.3 Å². The quantitative estimate of drug-likeness (QED) is 0.153. The molecule has 0 unspecified atom stereocenters. The van der Waals surface area contributed by atoms with Gasteiger partial charge in [0.1, 0.15) is 17.4 Å². The highest BCUT2D eigenvalue weighted by molar-refractivity contribution is 9.11. The molecule has 0 aliphatic carbocycles. The number of nitrogens with one attached hydrogen (secondary N) is 1. The smallest absolute Gasteiger partial charge is 0.349 e. The molecule has 0 aliphatic heterocycles. The molecule has 0 radical (unpaired) electrons. The van der Waals surface area contributed by atoms with Crippen molar-refractivity contribution in [1.29, 1.82) is 5.26 Å². The first-order valence-electron chi connectivity index (χ1n) is 9.23. The summed E-state index contributed by atoms with van der Waals surface area (Å²) in [6.45, 7) is 0.303. The van der Waals surface area contributed by atoms with E-state index in [0.717, 1.165) is 4.47 Å². The average molecular weight is 568 g/mol. The number of amides is 1. The van der Waals surface area contributed by atoms with Crippen LogP contribution in [0.1, 0.15) is 5.56 Å². The van der Waals surface area contributed by atoms with Crippen molar-refractivity contribution in [3.05, 3.63) is 56.5 Å². The van der Waals surface area contributed by atoms with E-state index in [9.17, 15) is 14.9 Å². The second-order valence-corrected chi connectivity index (χ2v) is 7.94. The fourth-order valence-corrected chi connectivity index (χ4v) is 3.58. The fourth-order valence-electron chi connectivity index (χ4n) is 2.42. The minimum absolute atomic E-state index is 0.0821. The third-order valence-corrected chi connectivity index (χ3v) is 5.03. The molecule has 10 heteroatoms. The molecule has 0 spiro atoms. The van der Waals surface area contributed by atoms with Crippen molar-refractivity contribution in [2.24, 2.45) is 0 Å². The zero-order chi connectivity index (χ0) is 23.5. The van der Waals surface area contributed by atoms with Crippen LogP contribution in [-0.2, 0) is 14.3 Å². The Kier molecular flexibility index (Phi) is 10.2. The Morgan fingerprint density at radius 3 is 2.50 bits per heavy atom. The van der Waals surface area contributed by atoms with Crippen LogP contribution in [0.3, 0.4) is 0 Å². The van der Waals surface area contributed by atoms with Crippen LogP contribution in [0.15, 0.2) is 50.9 Å². The van der Waals surface area contributed by atoms with Crippen LogP contribution in [0.2, 0.25) is 0 Å². The van der Waals surface area contributed by atoms with E-state index in [4.69, 9.17) is 18.9 Å². The van der Waals surface area contributed by atoms with Crippen LogP contribution in [0, 0.1) is 11.3 Å². The van der Waals surface area contributed by atoms with Crippen LogP contribution in [0.5, 0.6) is 17.2 Å². The SMILES string of the molecule is COCCNC(=O)/C(C#N)=C/c1ccc(OC(=O)COc2ccc(Br)cc2Br)c(OC)c1. The van der Waals surface area contributed by atoms with Crippen molar-refractivity contribution in [3.8, 4) is 23.3 Å². The van der Waals surface area contributed by atoms with Crippen molar-refractivity contribution >= 4 is 49.8 Å². The molecule has 0 aliphatic rings. The second kappa shape index (κ2) is 12.9. The van der Waals surface area contributed by atoms with Crippen LogP contribution in [0.25, 0.3) is 6.08 Å². The average Bonchev–Trinajstić information content (AvgIpc) is 2.77. The van der Waals surface area contributed by atoms with Gasteiger partial charge in [-0.1, -0.05) is 22.0 Å². The first-order chi connectivity index (χ1) is 15.4. The third-order valence-electron chi connectivity index (χ3n) is 3.92. The lowest BCUT2D eigenvalue weighted by Crippen LogP contribution is -2.27. The van der Waals surface area contributed by atoms with Gasteiger partial charge in [0.15, 0.2) is 18.1 Å². The van der Waals surface area contributed by atoms with Crippen LogP contribution in [0.4, 0.5) is 0 Å². The first-order valence-corrected chi connectivity index (χ1v) is 10.8. The van der Waals surface area contributed by atoms with Gasteiger partial charge in [-0.15, -0.1) is 0 Å². The van der Waals surface area contributed by atoms with E-state index in [1.54, 1.807) is 30.3 Å². The summed E-state index contributed by atoms with van der Waals surface area (Å²) in [7, 11) is 2.93. The Labute approximate surface area is 202 Å². The standard InChI is InChI=1S/C22H20Br2N2O6/c1-29-8-7-26-22(28)15(12-25)9-14-3-5-19(20(10-14)30-2)32-21(27)13-31-18-6-4-16(23)11-17(18)24/h3-6,9-11H,7-8,13H2,1-2H3,(H,26,28)/b15-9+. The number of nitriles is 1. The zero-order valence-electron chi connectivity index (χ0n) is 17.3. The van der Waals surface area contributed by atoms with E-state index in [2.05, 4.69) is 37.2 Å². The van der Waals surface area contributed by atoms with Crippen LogP contribution >= 0.6 is 31.9 Å². The van der Waals surface area contributed by atoms with Gasteiger partial charge in [-0.05, 0) is 57.9 Å². The van der Waals surface area contributed by atoms with Gasteiger partial charge in [0, 0.05) is 18.1 Å². The number of rotatable bonds is 10. The number of methoxy groups -OCH3 is 2. The van der Waals surface area contributed by atoms with E-state index in [1.165, 1.54) is 26.4 Å². The maximum atomic E-state index is 12.2. The Morgan fingerprint density at radius 1 is 1.09 bits per heavy atom. The number of carbonyl (C=O) groups is 2. The number of halogens is 2. The summed E-state index contributed by atoms with van der Waals surface area (Å²) >= 11 is 6.70. The molecule has 0 bridgehead atoms. The molecule has 0 aromatic heterocycles. The second-order valence-electron chi connectivity index (χ2n) is 6.17. The number of ether oxygens (including phenoxy) is 4. The maximum absolute atomic E-state index is 12.2. The predicted molar refractivity (Wildman–Crippen MR) is 124 cm³/mol. The summed E-state index contributed by atoms with van der Waals surface area (Å²) in [6.07, 6.45) is 1.41. The molecular formula is C22H20Br2N2O6. The Balaban J connectivity index is 2.06. The number of hydrogen-bond donors (Lipinski definition) is 1. The minimum atomic E-state index is -0.628. The number of esters is 1. The lowest BCUT2D eigenvalue weighted by molar-refractivity contribution is -0.136. The van der Waals surface area contributed by atoms with Gasteiger partial charge in [-0.25, -0.2) is 4.79 Å². The topological polar surface area (TPSA) is 107 Å². The molecule has 0 saturated heterocycles. The van der Waals surface area contributed by atoms with Crippen LogP contribution < -0.4 is 19.5 Å². The van der Waals surface area contributed by atoms with Gasteiger partial charge >= 0.3 is 5.97 Å². The summed E-state index contributed by atoms with van der Waals surface area (Å²) in [6, 6.07) is 11.8. The molecular weight excluding hydrogens is 548 g/mol. The lowest BCUT2D eigenvalue weighted by Gasteiger charge is -2.11. The molecule has 0 heterocycles. The third kappa shape index (κ3) is 7.67. The Bertz CT molecular complexity index is 1050. The summed E-state index contributed by atoms with van der Waals surface area (Å²) in [5, 5.41) is 11.9. The largest absolute Gasteiger partial charge is 0.493 e. The molecule has 0 atom stereocenters. The highest BCUT2D eigenvalue weighted by Crippen LogP contribution is 2.30. The molecule has 0 fully saturated rings. The molecule has 1 amide bonds. The number of nitrogens with zero attached hydrogens (tertiary/aromatic N) is 1. The highest BCUT2D eigenvalue weighted by atomic mass is 79.9. The van der Waals surface area contributed by atoms with Crippen molar-refractivity contribution in [2.75, 3.05) is 34.0 Å². The fraction of sp³-hybridized carbons (Fsp3) is 0.227. The molecule has 32 heavy (non-hydrogen) atoms.